The first-order valence-corrected chi connectivity index (χ1v) is 11.5. The van der Waals surface area contributed by atoms with Crippen molar-refractivity contribution in [3.05, 3.63) is 53.5 Å². The Labute approximate surface area is 198 Å². The summed E-state index contributed by atoms with van der Waals surface area (Å²) in [6.07, 6.45) is 4.30. The van der Waals surface area contributed by atoms with Gasteiger partial charge in [-0.2, -0.15) is 5.26 Å². The van der Waals surface area contributed by atoms with Crippen LogP contribution in [0.1, 0.15) is 42.9 Å². The van der Waals surface area contributed by atoms with Crippen LogP contribution in [-0.4, -0.2) is 45.0 Å². The largest absolute Gasteiger partial charge is 0.368 e. The van der Waals surface area contributed by atoms with Gasteiger partial charge < -0.3 is 25.2 Å². The van der Waals surface area contributed by atoms with Gasteiger partial charge in [0.25, 0.3) is 0 Å². The van der Waals surface area contributed by atoms with Crippen LogP contribution in [0.3, 0.4) is 0 Å². The van der Waals surface area contributed by atoms with Gasteiger partial charge in [-0.1, -0.05) is 30.2 Å². The quantitative estimate of drug-likeness (QED) is 0.588. The molecule has 8 heteroatoms. The molecule has 1 fully saturated rings. The van der Waals surface area contributed by atoms with Gasteiger partial charge >= 0.3 is 0 Å². The van der Waals surface area contributed by atoms with Crippen LogP contribution in [0.2, 0.25) is 0 Å². The fraction of sp³-hybridized carbons (Fsp3) is 0.346. The molecule has 5 rings (SSSR count). The molecule has 2 aliphatic rings. The number of aliphatic hydroxyl groups excluding tert-OH is 1. The summed E-state index contributed by atoms with van der Waals surface area (Å²) in [6, 6.07) is 12.4. The van der Waals surface area contributed by atoms with Crippen molar-refractivity contribution in [1.29, 1.82) is 5.26 Å². The van der Waals surface area contributed by atoms with E-state index in [1.165, 1.54) is 0 Å². The standard InChI is InChI=1S/C26H27N7O/c1-2-3-13-33-24-23(21(14-27)25(33)31-12-6-8-19(28)15-31)30-17-32(26(24)34)16-22-20-9-5-4-7-18(20)10-11-29-22/h4-5,7,9-11,17,19,26,34H,6,8,12-13,15-16,28H2,1H3/t19-,26?/m1/s1. The molecule has 2 aliphatic heterocycles. The number of aliphatic hydroxyl groups is 1. The van der Waals surface area contributed by atoms with E-state index >= 15 is 0 Å². The Hall–Kier alpha value is -3.85. The molecule has 1 unspecified atom stereocenters. The van der Waals surface area contributed by atoms with Crippen LogP contribution in [0.5, 0.6) is 0 Å². The van der Waals surface area contributed by atoms with E-state index in [1.807, 2.05) is 34.9 Å². The summed E-state index contributed by atoms with van der Waals surface area (Å²) in [5, 5.41) is 23.7. The second-order valence-corrected chi connectivity index (χ2v) is 8.67. The predicted octanol–water partition coefficient (Wildman–Crippen LogP) is 3.03. The van der Waals surface area contributed by atoms with Gasteiger partial charge in [-0.05, 0) is 31.2 Å². The van der Waals surface area contributed by atoms with Crippen molar-refractivity contribution < 1.29 is 5.11 Å². The molecule has 4 heterocycles. The van der Waals surface area contributed by atoms with E-state index in [0.29, 0.717) is 36.6 Å². The number of rotatable bonds is 4. The fourth-order valence-electron chi connectivity index (χ4n) is 4.92. The molecule has 2 aromatic heterocycles. The van der Waals surface area contributed by atoms with E-state index in [1.54, 1.807) is 24.4 Å². The molecule has 8 nitrogen and oxygen atoms in total. The predicted molar refractivity (Wildman–Crippen MR) is 132 cm³/mol. The maximum Gasteiger partial charge on any atom is 0.171 e. The van der Waals surface area contributed by atoms with Crippen LogP contribution in [0.4, 0.5) is 11.5 Å². The molecular formula is C26H27N7O. The Kier molecular flexibility index (Phi) is 5.93. The van der Waals surface area contributed by atoms with Gasteiger partial charge in [0.1, 0.15) is 23.1 Å². The molecule has 2 atom stereocenters. The average molecular weight is 454 g/mol. The van der Waals surface area contributed by atoms with Crippen molar-refractivity contribution in [2.24, 2.45) is 10.7 Å². The molecule has 1 saturated heterocycles. The lowest BCUT2D eigenvalue weighted by Crippen LogP contribution is -2.44. The number of piperidine rings is 1. The van der Waals surface area contributed by atoms with Gasteiger partial charge in [-0.15, -0.1) is 5.92 Å². The minimum atomic E-state index is -0.994. The van der Waals surface area contributed by atoms with Crippen molar-refractivity contribution in [2.45, 2.75) is 45.1 Å². The monoisotopic (exact) mass is 453 g/mol. The van der Waals surface area contributed by atoms with Crippen LogP contribution in [0.25, 0.3) is 10.8 Å². The molecule has 34 heavy (non-hydrogen) atoms. The smallest absolute Gasteiger partial charge is 0.171 e. The average Bonchev–Trinajstić information content (AvgIpc) is 3.18. The van der Waals surface area contributed by atoms with E-state index in [4.69, 9.17) is 5.73 Å². The molecule has 172 valence electrons. The third-order valence-electron chi connectivity index (χ3n) is 6.51. The Morgan fingerprint density at radius 2 is 2.12 bits per heavy atom. The van der Waals surface area contributed by atoms with Crippen molar-refractivity contribution in [1.82, 2.24) is 14.5 Å². The number of aromatic nitrogens is 2. The van der Waals surface area contributed by atoms with Crippen molar-refractivity contribution >= 4 is 28.6 Å². The first kappa shape index (κ1) is 22.0. The van der Waals surface area contributed by atoms with Crippen LogP contribution < -0.4 is 10.6 Å². The summed E-state index contributed by atoms with van der Waals surface area (Å²) in [7, 11) is 0. The molecular weight excluding hydrogens is 426 g/mol. The van der Waals surface area contributed by atoms with Gasteiger partial charge in [0.05, 0.1) is 30.8 Å². The second kappa shape index (κ2) is 9.18. The topological polar surface area (TPSA) is 107 Å². The van der Waals surface area contributed by atoms with E-state index < -0.39 is 6.23 Å². The SMILES string of the molecule is CC#CCn1c2c(c(C#N)c1N1CCC[C@@H](N)C1)N=CN(Cc1nccc3ccccc13)C2O. The molecule has 0 aliphatic carbocycles. The third-order valence-corrected chi connectivity index (χ3v) is 6.51. The molecule has 3 aromatic rings. The Bertz CT molecular complexity index is 1350. The summed E-state index contributed by atoms with van der Waals surface area (Å²) in [4.78, 5) is 13.1. The number of anilines is 1. The van der Waals surface area contributed by atoms with E-state index in [9.17, 15) is 10.4 Å². The number of aliphatic imine (C=N–C) groups is 1. The molecule has 3 N–H and O–H groups in total. The maximum absolute atomic E-state index is 11.5. The highest BCUT2D eigenvalue weighted by Gasteiger charge is 2.35. The van der Waals surface area contributed by atoms with Gasteiger partial charge in [-0.3, -0.25) is 4.98 Å². The number of nitrogens with zero attached hydrogens (tertiary/aromatic N) is 6. The van der Waals surface area contributed by atoms with Crippen LogP contribution in [0, 0.1) is 23.2 Å². The highest BCUT2D eigenvalue weighted by atomic mass is 16.3. The number of nitriles is 1. The summed E-state index contributed by atoms with van der Waals surface area (Å²) in [6.45, 7) is 3.97. The zero-order chi connectivity index (χ0) is 23.7. The zero-order valence-corrected chi connectivity index (χ0v) is 19.1. The highest BCUT2D eigenvalue weighted by molar-refractivity contribution is 5.85. The van der Waals surface area contributed by atoms with Gasteiger partial charge in [0, 0.05) is 30.7 Å². The number of nitrogens with two attached hydrogens (primary N) is 1. The number of pyridine rings is 1. The lowest BCUT2D eigenvalue weighted by molar-refractivity contribution is 0.0427. The highest BCUT2D eigenvalue weighted by Crippen LogP contribution is 2.43. The molecule has 0 spiro atoms. The van der Waals surface area contributed by atoms with E-state index in [2.05, 4.69) is 32.8 Å². The van der Waals surface area contributed by atoms with Crippen LogP contribution in [-0.2, 0) is 13.1 Å². The summed E-state index contributed by atoms with van der Waals surface area (Å²) < 4.78 is 1.94. The van der Waals surface area contributed by atoms with Crippen LogP contribution in [0.15, 0.2) is 41.5 Å². The summed E-state index contributed by atoms with van der Waals surface area (Å²) in [5.74, 6) is 6.78. The first-order chi connectivity index (χ1) is 16.6. The molecule has 0 amide bonds. The third kappa shape index (κ3) is 3.77. The van der Waals surface area contributed by atoms with E-state index in [-0.39, 0.29) is 6.04 Å². The lowest BCUT2D eigenvalue weighted by Gasteiger charge is -2.34. The molecule has 0 saturated carbocycles. The fourth-order valence-corrected chi connectivity index (χ4v) is 4.92. The molecule has 0 bridgehead atoms. The maximum atomic E-state index is 11.5. The second-order valence-electron chi connectivity index (χ2n) is 8.67. The number of fused-ring (bicyclic) bond motifs is 2. The first-order valence-electron chi connectivity index (χ1n) is 11.5. The van der Waals surface area contributed by atoms with E-state index in [0.717, 1.165) is 41.7 Å². The Morgan fingerprint density at radius 3 is 2.91 bits per heavy atom. The van der Waals surface area contributed by atoms with Crippen molar-refractivity contribution in [2.75, 3.05) is 18.0 Å². The molecule has 0 radical (unpaired) electrons. The number of benzene rings is 1. The van der Waals surface area contributed by atoms with Crippen molar-refractivity contribution in [3.63, 3.8) is 0 Å². The summed E-state index contributed by atoms with van der Waals surface area (Å²) in [5.41, 5.74) is 8.64. The minimum absolute atomic E-state index is 0.0419. The normalized spacial score (nSPS) is 19.5. The number of hydrogen-bond acceptors (Lipinski definition) is 7. The minimum Gasteiger partial charge on any atom is -0.368 e. The zero-order valence-electron chi connectivity index (χ0n) is 19.1. The summed E-state index contributed by atoms with van der Waals surface area (Å²) >= 11 is 0. The van der Waals surface area contributed by atoms with Crippen LogP contribution >= 0.6 is 0 Å². The lowest BCUT2D eigenvalue weighted by atomic mass is 10.1. The Balaban J connectivity index is 1.57. The van der Waals surface area contributed by atoms with Gasteiger partial charge in [-0.25, -0.2) is 4.99 Å². The van der Waals surface area contributed by atoms with Gasteiger partial charge in [0.2, 0.25) is 0 Å². The van der Waals surface area contributed by atoms with Gasteiger partial charge in [0.15, 0.2) is 6.23 Å². The molecule has 1 aromatic carbocycles. The van der Waals surface area contributed by atoms with Crippen molar-refractivity contribution in [3.8, 4) is 17.9 Å². The Morgan fingerprint density at radius 1 is 1.26 bits per heavy atom. The number of hydrogen-bond donors (Lipinski definition) is 2.